The van der Waals surface area contributed by atoms with Crippen LogP contribution < -0.4 is 10.5 Å². The molecule has 21 heavy (non-hydrogen) atoms. The number of nitrogen functional groups attached to an aromatic ring is 1. The summed E-state index contributed by atoms with van der Waals surface area (Å²) in [5, 5.41) is 0. The minimum Gasteiger partial charge on any atom is -0.399 e. The molecule has 6 heteroatoms. The van der Waals surface area contributed by atoms with Crippen molar-refractivity contribution in [3.63, 3.8) is 0 Å². The largest absolute Gasteiger partial charge is 0.399 e. The lowest BCUT2D eigenvalue weighted by atomic mass is 10.1. The van der Waals surface area contributed by atoms with E-state index in [1.807, 2.05) is 6.92 Å². The highest BCUT2D eigenvalue weighted by molar-refractivity contribution is 7.89. The summed E-state index contributed by atoms with van der Waals surface area (Å²) in [6.45, 7) is 5.65. The Morgan fingerprint density at radius 1 is 1.29 bits per heavy atom. The van der Waals surface area contributed by atoms with Crippen LogP contribution >= 0.6 is 0 Å². The zero-order chi connectivity index (χ0) is 15.3. The highest BCUT2D eigenvalue weighted by atomic mass is 32.2. The van der Waals surface area contributed by atoms with Crippen LogP contribution in [0.4, 0.5) is 5.69 Å². The number of nitrogens with one attached hydrogen (secondary N) is 1. The fourth-order valence-corrected chi connectivity index (χ4v) is 4.12. The summed E-state index contributed by atoms with van der Waals surface area (Å²) in [4.78, 5) is 2.69. The van der Waals surface area contributed by atoms with Gasteiger partial charge in [-0.05, 0) is 63.0 Å². The van der Waals surface area contributed by atoms with Crippen molar-refractivity contribution in [2.45, 2.75) is 37.5 Å². The number of rotatable bonds is 7. The van der Waals surface area contributed by atoms with Crippen LogP contribution in [0.15, 0.2) is 23.1 Å². The van der Waals surface area contributed by atoms with Gasteiger partial charge in [0.25, 0.3) is 0 Å². The first kappa shape index (κ1) is 16.3. The molecule has 0 saturated carbocycles. The maximum Gasteiger partial charge on any atom is 0.240 e. The Labute approximate surface area is 127 Å². The van der Waals surface area contributed by atoms with E-state index in [1.54, 1.807) is 18.2 Å². The van der Waals surface area contributed by atoms with Crippen molar-refractivity contribution >= 4 is 15.7 Å². The van der Waals surface area contributed by atoms with Gasteiger partial charge in [-0.3, -0.25) is 0 Å². The van der Waals surface area contributed by atoms with Crippen molar-refractivity contribution in [1.82, 2.24) is 9.62 Å². The normalized spacial score (nSPS) is 16.4. The molecule has 5 nitrogen and oxygen atoms in total. The van der Waals surface area contributed by atoms with Crippen molar-refractivity contribution < 1.29 is 8.42 Å². The first-order chi connectivity index (χ1) is 10.0. The Balaban J connectivity index is 1.93. The molecule has 2 rings (SSSR count). The molecule has 1 aliphatic heterocycles. The molecule has 1 heterocycles. The van der Waals surface area contributed by atoms with Gasteiger partial charge in [-0.25, -0.2) is 13.1 Å². The van der Waals surface area contributed by atoms with Gasteiger partial charge in [-0.2, -0.15) is 0 Å². The average Bonchev–Trinajstić information content (AvgIpc) is 2.97. The smallest absolute Gasteiger partial charge is 0.240 e. The van der Waals surface area contributed by atoms with E-state index in [-0.39, 0.29) is 0 Å². The molecular weight excluding hydrogens is 286 g/mol. The molecule has 0 unspecified atom stereocenters. The summed E-state index contributed by atoms with van der Waals surface area (Å²) < 4.78 is 27.5. The number of likely N-dealkylation sites (tertiary alicyclic amines) is 1. The third-order valence-corrected chi connectivity index (χ3v) is 5.45. The van der Waals surface area contributed by atoms with E-state index < -0.39 is 10.0 Å². The predicted octanol–water partition coefficient (Wildman–Crippen LogP) is 1.60. The average molecular weight is 311 g/mol. The third kappa shape index (κ3) is 4.43. The lowest BCUT2D eigenvalue weighted by Gasteiger charge is -2.15. The molecule has 0 amide bonds. The summed E-state index contributed by atoms with van der Waals surface area (Å²) in [5.74, 6) is 0. The molecule has 118 valence electrons. The quantitative estimate of drug-likeness (QED) is 0.592. The van der Waals surface area contributed by atoms with Crippen molar-refractivity contribution in [1.29, 1.82) is 0 Å². The van der Waals surface area contributed by atoms with E-state index in [0.717, 1.165) is 31.6 Å². The van der Waals surface area contributed by atoms with E-state index in [2.05, 4.69) is 9.62 Å². The third-order valence-electron chi connectivity index (χ3n) is 3.90. The monoisotopic (exact) mass is 311 g/mol. The van der Waals surface area contributed by atoms with Crippen LogP contribution in [0.5, 0.6) is 0 Å². The first-order valence-corrected chi connectivity index (χ1v) is 9.11. The van der Waals surface area contributed by atoms with Gasteiger partial charge in [0.2, 0.25) is 10.0 Å². The molecule has 0 aromatic heterocycles. The number of hydrogen-bond acceptors (Lipinski definition) is 4. The van der Waals surface area contributed by atoms with Crippen LogP contribution in [0.3, 0.4) is 0 Å². The summed E-state index contributed by atoms with van der Waals surface area (Å²) in [5.41, 5.74) is 7.00. The highest BCUT2D eigenvalue weighted by Crippen LogP contribution is 2.19. The SMILES string of the molecule is CCc1ccc(N)cc1S(=O)(=O)NCCCN1CCCC1. The minimum atomic E-state index is -3.47. The van der Waals surface area contributed by atoms with Gasteiger partial charge in [0.05, 0.1) is 4.90 Å². The molecule has 1 saturated heterocycles. The van der Waals surface area contributed by atoms with Gasteiger partial charge in [0.15, 0.2) is 0 Å². The van der Waals surface area contributed by atoms with Crippen LogP contribution in [0.1, 0.15) is 31.7 Å². The van der Waals surface area contributed by atoms with Crippen molar-refractivity contribution in [3.8, 4) is 0 Å². The fraction of sp³-hybridized carbons (Fsp3) is 0.600. The first-order valence-electron chi connectivity index (χ1n) is 7.63. The second-order valence-electron chi connectivity index (χ2n) is 5.52. The molecular formula is C15H25N3O2S. The van der Waals surface area contributed by atoms with Gasteiger partial charge in [-0.1, -0.05) is 13.0 Å². The molecule has 0 aliphatic carbocycles. The number of sulfonamides is 1. The maximum atomic E-state index is 12.4. The number of anilines is 1. The number of nitrogens with two attached hydrogens (primary N) is 1. The molecule has 0 atom stereocenters. The Bertz CT molecular complexity index is 566. The number of benzene rings is 1. The lowest BCUT2D eigenvalue weighted by Crippen LogP contribution is -2.29. The number of hydrogen-bond donors (Lipinski definition) is 2. The van der Waals surface area contributed by atoms with E-state index in [9.17, 15) is 8.42 Å². The Morgan fingerprint density at radius 2 is 2.00 bits per heavy atom. The molecule has 1 aromatic rings. The number of aryl methyl sites for hydroxylation is 1. The van der Waals surface area contributed by atoms with E-state index in [1.165, 1.54) is 12.8 Å². The highest BCUT2D eigenvalue weighted by Gasteiger charge is 2.18. The standard InChI is InChI=1S/C15H25N3O2S/c1-2-13-6-7-14(16)12-15(13)21(19,20)17-8-5-11-18-9-3-4-10-18/h6-7,12,17H,2-5,8-11,16H2,1H3. The number of nitrogens with zero attached hydrogens (tertiary/aromatic N) is 1. The zero-order valence-corrected chi connectivity index (χ0v) is 13.5. The fourth-order valence-electron chi connectivity index (χ4n) is 2.71. The van der Waals surface area contributed by atoms with Gasteiger partial charge < -0.3 is 10.6 Å². The van der Waals surface area contributed by atoms with Crippen LogP contribution in [-0.4, -0.2) is 39.5 Å². The molecule has 0 radical (unpaired) electrons. The minimum absolute atomic E-state index is 0.311. The Kier molecular flexibility index (Phi) is 5.61. The second kappa shape index (κ2) is 7.24. The molecule has 3 N–H and O–H groups in total. The maximum absolute atomic E-state index is 12.4. The van der Waals surface area contributed by atoms with Crippen LogP contribution in [0.25, 0.3) is 0 Å². The van der Waals surface area contributed by atoms with Crippen LogP contribution in [-0.2, 0) is 16.4 Å². The van der Waals surface area contributed by atoms with Crippen molar-refractivity contribution in [2.75, 3.05) is 31.9 Å². The van der Waals surface area contributed by atoms with Crippen LogP contribution in [0.2, 0.25) is 0 Å². The van der Waals surface area contributed by atoms with E-state index in [4.69, 9.17) is 5.73 Å². The Hall–Kier alpha value is -1.11. The topological polar surface area (TPSA) is 75.4 Å². The molecule has 0 bridgehead atoms. The zero-order valence-electron chi connectivity index (χ0n) is 12.6. The summed E-state index contributed by atoms with van der Waals surface area (Å²) in [6, 6.07) is 5.07. The van der Waals surface area contributed by atoms with Gasteiger partial charge >= 0.3 is 0 Å². The molecule has 0 spiro atoms. The van der Waals surface area contributed by atoms with Gasteiger partial charge in [0.1, 0.15) is 0 Å². The molecule has 1 fully saturated rings. The Morgan fingerprint density at radius 3 is 2.67 bits per heavy atom. The van der Waals surface area contributed by atoms with Crippen molar-refractivity contribution in [3.05, 3.63) is 23.8 Å². The summed E-state index contributed by atoms with van der Waals surface area (Å²) in [7, 11) is -3.47. The molecule has 1 aromatic carbocycles. The van der Waals surface area contributed by atoms with Crippen molar-refractivity contribution in [2.24, 2.45) is 0 Å². The van der Waals surface area contributed by atoms with E-state index >= 15 is 0 Å². The van der Waals surface area contributed by atoms with Gasteiger partial charge in [-0.15, -0.1) is 0 Å². The molecule has 1 aliphatic rings. The predicted molar refractivity (Wildman–Crippen MR) is 85.7 cm³/mol. The lowest BCUT2D eigenvalue weighted by molar-refractivity contribution is 0.334. The second-order valence-corrected chi connectivity index (χ2v) is 7.26. The van der Waals surface area contributed by atoms with E-state index in [0.29, 0.717) is 23.5 Å². The summed E-state index contributed by atoms with van der Waals surface area (Å²) in [6.07, 6.45) is 4.02. The van der Waals surface area contributed by atoms with Crippen LogP contribution in [0, 0.1) is 0 Å². The summed E-state index contributed by atoms with van der Waals surface area (Å²) >= 11 is 0. The van der Waals surface area contributed by atoms with Gasteiger partial charge in [0, 0.05) is 12.2 Å².